The van der Waals surface area contributed by atoms with Gasteiger partial charge in [0.2, 0.25) is 0 Å². The van der Waals surface area contributed by atoms with Gasteiger partial charge in [0.05, 0.1) is 24.9 Å². The fourth-order valence-electron chi connectivity index (χ4n) is 3.06. The van der Waals surface area contributed by atoms with Crippen molar-refractivity contribution < 1.29 is 4.74 Å². The molecule has 3 heterocycles. The van der Waals surface area contributed by atoms with Crippen LogP contribution in [0.1, 0.15) is 42.0 Å². The Hall–Kier alpha value is -2.28. The Morgan fingerprint density at radius 1 is 1.17 bits per heavy atom. The van der Waals surface area contributed by atoms with E-state index in [1.807, 2.05) is 19.9 Å². The van der Waals surface area contributed by atoms with Crippen LogP contribution in [0, 0.1) is 13.8 Å². The maximum Gasteiger partial charge on any atom is 0.267 e. The summed E-state index contributed by atoms with van der Waals surface area (Å²) in [5.74, 6) is 2.21. The van der Waals surface area contributed by atoms with Gasteiger partial charge in [0.15, 0.2) is 0 Å². The molecule has 0 amide bonds. The Balaban J connectivity index is 1.59. The number of rotatable bonds is 4. The van der Waals surface area contributed by atoms with Crippen LogP contribution in [0.5, 0.6) is 0 Å². The first-order chi connectivity index (χ1) is 11.6. The summed E-state index contributed by atoms with van der Waals surface area (Å²) in [4.78, 5) is 21.3. The summed E-state index contributed by atoms with van der Waals surface area (Å²) in [7, 11) is 0. The first-order valence-corrected chi connectivity index (χ1v) is 8.36. The number of hydrogen-bond donors (Lipinski definition) is 1. The molecule has 1 saturated carbocycles. The molecule has 2 unspecified atom stereocenters. The number of aryl methyl sites for hydroxylation is 2. The lowest BCUT2D eigenvalue weighted by Gasteiger charge is -2.21. The van der Waals surface area contributed by atoms with E-state index in [1.165, 1.54) is 17.5 Å². The molecule has 2 aliphatic rings. The zero-order chi connectivity index (χ0) is 16.7. The molecule has 2 aromatic rings. The number of aromatic nitrogens is 4. The fourth-order valence-corrected chi connectivity index (χ4v) is 3.06. The summed E-state index contributed by atoms with van der Waals surface area (Å²) in [6, 6.07) is 5.04. The average molecular weight is 327 g/mol. The Labute approximate surface area is 140 Å². The first kappa shape index (κ1) is 15.3. The Morgan fingerprint density at radius 3 is 2.79 bits per heavy atom. The van der Waals surface area contributed by atoms with E-state index in [9.17, 15) is 4.79 Å². The molecule has 7 nitrogen and oxygen atoms in total. The van der Waals surface area contributed by atoms with Crippen molar-refractivity contribution in [2.75, 3.05) is 18.5 Å². The highest BCUT2D eigenvalue weighted by Crippen LogP contribution is 2.38. The molecule has 4 rings (SSSR count). The van der Waals surface area contributed by atoms with Gasteiger partial charge >= 0.3 is 0 Å². The minimum absolute atomic E-state index is 0.0432. The SMILES string of the molecule is Cc1cc(NC2COCC2n2nc(C)ccc2=O)nc(C2CC2)n1. The molecule has 1 N–H and O–H groups in total. The molecule has 24 heavy (non-hydrogen) atoms. The highest BCUT2D eigenvalue weighted by atomic mass is 16.5. The summed E-state index contributed by atoms with van der Waals surface area (Å²) in [5.41, 5.74) is 1.66. The van der Waals surface area contributed by atoms with Crippen molar-refractivity contribution in [1.82, 2.24) is 19.7 Å². The average Bonchev–Trinajstić information content (AvgIpc) is 3.30. The van der Waals surface area contributed by atoms with Crippen LogP contribution in [0.3, 0.4) is 0 Å². The minimum Gasteiger partial charge on any atom is -0.377 e. The number of hydrogen-bond acceptors (Lipinski definition) is 6. The molecule has 1 saturated heterocycles. The van der Waals surface area contributed by atoms with Gasteiger partial charge in [-0.3, -0.25) is 4.79 Å². The lowest BCUT2D eigenvalue weighted by atomic mass is 10.1. The number of anilines is 1. The lowest BCUT2D eigenvalue weighted by Crippen LogP contribution is -2.37. The molecule has 0 radical (unpaired) electrons. The van der Waals surface area contributed by atoms with Crippen LogP contribution < -0.4 is 10.9 Å². The summed E-state index contributed by atoms with van der Waals surface area (Å²) in [5, 5.41) is 7.80. The maximum atomic E-state index is 12.2. The van der Waals surface area contributed by atoms with Crippen molar-refractivity contribution >= 4 is 5.82 Å². The fraction of sp³-hybridized carbons (Fsp3) is 0.529. The third kappa shape index (κ3) is 3.03. The molecule has 2 aromatic heterocycles. The largest absolute Gasteiger partial charge is 0.377 e. The molecular weight excluding hydrogens is 306 g/mol. The van der Waals surface area contributed by atoms with Crippen molar-refractivity contribution in [3.05, 3.63) is 45.8 Å². The quantitative estimate of drug-likeness (QED) is 0.918. The molecule has 0 spiro atoms. The smallest absolute Gasteiger partial charge is 0.267 e. The van der Waals surface area contributed by atoms with E-state index in [2.05, 4.69) is 20.4 Å². The number of nitrogens with zero attached hydrogens (tertiary/aromatic N) is 4. The molecular formula is C17H21N5O2. The summed E-state index contributed by atoms with van der Waals surface area (Å²) >= 11 is 0. The first-order valence-electron chi connectivity index (χ1n) is 8.36. The van der Waals surface area contributed by atoms with Crippen LogP contribution in [-0.4, -0.2) is 39.0 Å². The number of nitrogens with one attached hydrogen (secondary N) is 1. The Kier molecular flexibility index (Phi) is 3.80. The molecule has 2 fully saturated rings. The monoisotopic (exact) mass is 327 g/mol. The summed E-state index contributed by atoms with van der Waals surface area (Å²) in [6.07, 6.45) is 2.33. The van der Waals surface area contributed by atoms with E-state index >= 15 is 0 Å². The van der Waals surface area contributed by atoms with E-state index in [-0.39, 0.29) is 17.6 Å². The Morgan fingerprint density at radius 2 is 2.00 bits per heavy atom. The molecule has 2 atom stereocenters. The van der Waals surface area contributed by atoms with Crippen LogP contribution in [-0.2, 0) is 4.74 Å². The van der Waals surface area contributed by atoms with Gasteiger partial charge in [0.25, 0.3) is 5.56 Å². The van der Waals surface area contributed by atoms with Gasteiger partial charge in [-0.2, -0.15) is 5.10 Å². The van der Waals surface area contributed by atoms with Crippen LogP contribution in [0.4, 0.5) is 5.82 Å². The minimum atomic E-state index is -0.142. The van der Waals surface area contributed by atoms with Crippen LogP contribution in [0.15, 0.2) is 23.0 Å². The van der Waals surface area contributed by atoms with E-state index in [4.69, 9.17) is 4.74 Å². The highest BCUT2D eigenvalue weighted by Gasteiger charge is 2.32. The topological polar surface area (TPSA) is 81.9 Å². The zero-order valence-electron chi connectivity index (χ0n) is 13.9. The van der Waals surface area contributed by atoms with E-state index in [1.54, 1.807) is 12.1 Å². The van der Waals surface area contributed by atoms with Gasteiger partial charge in [-0.15, -0.1) is 0 Å². The predicted octanol–water partition coefficient (Wildman–Crippen LogP) is 1.58. The van der Waals surface area contributed by atoms with Crippen LogP contribution >= 0.6 is 0 Å². The third-order valence-electron chi connectivity index (χ3n) is 4.47. The maximum absolute atomic E-state index is 12.2. The van der Waals surface area contributed by atoms with E-state index < -0.39 is 0 Å². The van der Waals surface area contributed by atoms with Crippen LogP contribution in [0.25, 0.3) is 0 Å². The van der Waals surface area contributed by atoms with Crippen molar-refractivity contribution in [3.8, 4) is 0 Å². The standard InChI is InChI=1S/C17H21N5O2/c1-10-3-6-16(23)22(21-10)14-9-24-8-13(14)19-15-7-11(2)18-17(20-15)12-4-5-12/h3,6-7,12-14H,4-5,8-9H2,1-2H3,(H,18,19,20). The summed E-state index contributed by atoms with van der Waals surface area (Å²) in [6.45, 7) is 4.85. The molecule has 1 aliphatic carbocycles. The zero-order valence-corrected chi connectivity index (χ0v) is 13.9. The molecule has 0 aromatic carbocycles. The van der Waals surface area contributed by atoms with Crippen LogP contribution in [0.2, 0.25) is 0 Å². The highest BCUT2D eigenvalue weighted by molar-refractivity contribution is 5.38. The van der Waals surface area contributed by atoms with Gasteiger partial charge in [0.1, 0.15) is 17.7 Å². The van der Waals surface area contributed by atoms with Gasteiger partial charge in [-0.1, -0.05) is 0 Å². The second-order valence-electron chi connectivity index (χ2n) is 6.64. The van der Waals surface area contributed by atoms with Crippen molar-refractivity contribution in [2.45, 2.75) is 44.7 Å². The third-order valence-corrected chi connectivity index (χ3v) is 4.47. The van der Waals surface area contributed by atoms with E-state index in [0.717, 1.165) is 23.0 Å². The van der Waals surface area contributed by atoms with Gasteiger partial charge in [-0.25, -0.2) is 14.6 Å². The van der Waals surface area contributed by atoms with Gasteiger partial charge in [-0.05, 0) is 32.8 Å². The molecule has 1 aliphatic heterocycles. The predicted molar refractivity (Wildman–Crippen MR) is 89.2 cm³/mol. The summed E-state index contributed by atoms with van der Waals surface area (Å²) < 4.78 is 7.13. The van der Waals surface area contributed by atoms with Crippen molar-refractivity contribution in [1.29, 1.82) is 0 Å². The van der Waals surface area contributed by atoms with Crippen molar-refractivity contribution in [2.24, 2.45) is 0 Å². The van der Waals surface area contributed by atoms with Gasteiger partial charge in [0, 0.05) is 23.7 Å². The normalized spacial score (nSPS) is 23.4. The van der Waals surface area contributed by atoms with Crippen molar-refractivity contribution in [3.63, 3.8) is 0 Å². The number of ether oxygens (including phenoxy) is 1. The lowest BCUT2D eigenvalue weighted by molar-refractivity contribution is 0.182. The second kappa shape index (κ2) is 5.98. The molecule has 0 bridgehead atoms. The van der Waals surface area contributed by atoms with Gasteiger partial charge < -0.3 is 10.1 Å². The molecule has 7 heteroatoms. The Bertz CT molecular complexity index is 815. The van der Waals surface area contributed by atoms with E-state index in [0.29, 0.717) is 19.1 Å². The molecule has 126 valence electrons. The second-order valence-corrected chi connectivity index (χ2v) is 6.64.